The molecule has 0 amide bonds. The van der Waals surface area contributed by atoms with Crippen molar-refractivity contribution in [1.82, 2.24) is 5.32 Å². The van der Waals surface area contributed by atoms with Crippen molar-refractivity contribution in [2.24, 2.45) is 0 Å². The van der Waals surface area contributed by atoms with Crippen LogP contribution in [0.25, 0.3) is 0 Å². The monoisotopic (exact) mass is 183 g/mol. The average molecular weight is 184 g/mol. The first-order valence-electron chi connectivity index (χ1n) is 3.67. The molecule has 3 heteroatoms. The lowest BCUT2D eigenvalue weighted by Crippen LogP contribution is -2.21. The van der Waals surface area contributed by atoms with Crippen LogP contribution in [0, 0.1) is 0 Å². The summed E-state index contributed by atoms with van der Waals surface area (Å²) in [7, 11) is 0. The maximum Gasteiger partial charge on any atom is 0.0509 e. The van der Waals surface area contributed by atoms with Crippen LogP contribution in [0.4, 0.5) is 0 Å². The summed E-state index contributed by atoms with van der Waals surface area (Å²) in [4.78, 5) is 0. The number of hydrogen-bond donors (Lipinski definition) is 1. The van der Waals surface area contributed by atoms with Crippen LogP contribution in [-0.2, 0) is 0 Å². The maximum absolute atomic E-state index is 5.88. The van der Waals surface area contributed by atoms with E-state index in [0.29, 0.717) is 0 Å². The molecule has 0 spiro atoms. The molecule has 2 atom stereocenters. The number of halogens is 2. The van der Waals surface area contributed by atoms with Gasteiger partial charge in [0.25, 0.3) is 0 Å². The van der Waals surface area contributed by atoms with Crippen molar-refractivity contribution in [2.75, 3.05) is 13.1 Å². The van der Waals surface area contributed by atoms with Crippen molar-refractivity contribution in [3.63, 3.8) is 0 Å². The molecular weight excluding hydrogens is 169 g/mol. The molecule has 0 saturated heterocycles. The first-order chi connectivity index (χ1) is 4.68. The molecule has 0 aromatic heterocycles. The third-order valence-electron chi connectivity index (χ3n) is 1.35. The molecule has 0 fully saturated rings. The van der Waals surface area contributed by atoms with Gasteiger partial charge in [0.1, 0.15) is 0 Å². The van der Waals surface area contributed by atoms with Crippen LogP contribution in [0.2, 0.25) is 0 Å². The molecule has 0 aliphatic carbocycles. The number of rotatable bonds is 5. The molecule has 0 rings (SSSR count). The Hall–Kier alpha value is 0.540. The second kappa shape index (κ2) is 6.26. The molecule has 0 aromatic carbocycles. The molecule has 0 heterocycles. The first kappa shape index (κ1) is 10.5. The Balaban J connectivity index is 3.13. The smallest absolute Gasteiger partial charge is 0.0509 e. The average Bonchev–Trinajstić information content (AvgIpc) is 1.88. The van der Waals surface area contributed by atoms with E-state index in [1.807, 2.05) is 6.92 Å². The molecule has 1 nitrogen and oxygen atoms in total. The number of nitrogens with one attached hydrogen (secondary N) is 1. The lowest BCUT2D eigenvalue weighted by molar-refractivity contribution is 0.642. The summed E-state index contributed by atoms with van der Waals surface area (Å²) in [6.45, 7) is 5.96. The zero-order chi connectivity index (χ0) is 7.98. The van der Waals surface area contributed by atoms with Gasteiger partial charge >= 0.3 is 0 Å². The van der Waals surface area contributed by atoms with Crippen molar-refractivity contribution < 1.29 is 0 Å². The third-order valence-corrected chi connectivity index (χ3v) is 2.37. The van der Waals surface area contributed by atoms with Crippen LogP contribution in [0.5, 0.6) is 0 Å². The van der Waals surface area contributed by atoms with Crippen molar-refractivity contribution >= 4 is 23.2 Å². The summed E-state index contributed by atoms with van der Waals surface area (Å²) >= 11 is 11.6. The molecule has 1 N–H and O–H groups in total. The van der Waals surface area contributed by atoms with Crippen LogP contribution >= 0.6 is 23.2 Å². The minimum absolute atomic E-state index is 0.0697. The third kappa shape index (κ3) is 5.33. The Labute approximate surface area is 73.1 Å². The van der Waals surface area contributed by atoms with E-state index in [4.69, 9.17) is 23.2 Å². The Kier molecular flexibility index (Phi) is 6.60. The fourth-order valence-electron chi connectivity index (χ4n) is 0.646. The SMILES string of the molecule is CCNCCC(Cl)C(C)Cl. The van der Waals surface area contributed by atoms with E-state index in [2.05, 4.69) is 12.2 Å². The zero-order valence-electron chi connectivity index (χ0n) is 6.53. The van der Waals surface area contributed by atoms with Crippen LogP contribution < -0.4 is 5.32 Å². The van der Waals surface area contributed by atoms with Gasteiger partial charge in [0.05, 0.1) is 5.38 Å². The highest BCUT2D eigenvalue weighted by Gasteiger charge is 2.09. The molecule has 62 valence electrons. The predicted molar refractivity (Wildman–Crippen MR) is 48.1 cm³/mol. The van der Waals surface area contributed by atoms with E-state index in [-0.39, 0.29) is 10.8 Å². The molecule has 2 unspecified atom stereocenters. The quantitative estimate of drug-likeness (QED) is 0.510. The second-order valence-corrected chi connectivity index (χ2v) is 3.58. The number of hydrogen-bond acceptors (Lipinski definition) is 1. The predicted octanol–water partition coefficient (Wildman–Crippen LogP) is 2.22. The molecule has 0 aliphatic rings. The van der Waals surface area contributed by atoms with Gasteiger partial charge in [0.2, 0.25) is 0 Å². The van der Waals surface area contributed by atoms with Gasteiger partial charge in [-0.25, -0.2) is 0 Å². The van der Waals surface area contributed by atoms with Crippen molar-refractivity contribution in [1.29, 1.82) is 0 Å². The van der Waals surface area contributed by atoms with E-state index in [0.717, 1.165) is 19.5 Å². The summed E-state index contributed by atoms with van der Waals surface area (Å²) < 4.78 is 0. The first-order valence-corrected chi connectivity index (χ1v) is 4.54. The van der Waals surface area contributed by atoms with Gasteiger partial charge < -0.3 is 5.32 Å². The van der Waals surface area contributed by atoms with E-state index in [1.54, 1.807) is 0 Å². The van der Waals surface area contributed by atoms with Gasteiger partial charge in [-0.05, 0) is 26.4 Å². The summed E-state index contributed by atoms with van der Waals surface area (Å²) in [6.07, 6.45) is 0.945. The van der Waals surface area contributed by atoms with Crippen molar-refractivity contribution in [2.45, 2.75) is 31.0 Å². The van der Waals surface area contributed by atoms with Gasteiger partial charge in [0, 0.05) is 5.38 Å². The summed E-state index contributed by atoms with van der Waals surface area (Å²) in [5, 5.41) is 3.36. The highest BCUT2D eigenvalue weighted by Crippen LogP contribution is 2.11. The van der Waals surface area contributed by atoms with Crippen LogP contribution in [0.1, 0.15) is 20.3 Å². The highest BCUT2D eigenvalue weighted by atomic mass is 35.5. The lowest BCUT2D eigenvalue weighted by Gasteiger charge is -2.10. The summed E-state index contributed by atoms with van der Waals surface area (Å²) in [5.41, 5.74) is 0. The highest BCUT2D eigenvalue weighted by molar-refractivity contribution is 6.29. The minimum Gasteiger partial charge on any atom is -0.317 e. The maximum atomic E-state index is 5.88. The van der Waals surface area contributed by atoms with Gasteiger partial charge in [0.15, 0.2) is 0 Å². The van der Waals surface area contributed by atoms with Gasteiger partial charge in [-0.3, -0.25) is 0 Å². The molecule has 0 radical (unpaired) electrons. The normalized spacial score (nSPS) is 16.8. The van der Waals surface area contributed by atoms with Crippen LogP contribution in [-0.4, -0.2) is 23.8 Å². The second-order valence-electron chi connectivity index (χ2n) is 2.34. The fourth-order valence-corrected chi connectivity index (χ4v) is 0.881. The Morgan fingerprint density at radius 3 is 2.40 bits per heavy atom. The van der Waals surface area contributed by atoms with E-state index in [1.165, 1.54) is 0 Å². The Morgan fingerprint density at radius 1 is 1.40 bits per heavy atom. The fraction of sp³-hybridized carbons (Fsp3) is 1.00. The van der Waals surface area contributed by atoms with Crippen molar-refractivity contribution in [3.05, 3.63) is 0 Å². The summed E-state index contributed by atoms with van der Waals surface area (Å²) in [5.74, 6) is 0. The van der Waals surface area contributed by atoms with Gasteiger partial charge in [-0.15, -0.1) is 23.2 Å². The van der Waals surface area contributed by atoms with Gasteiger partial charge in [-0.1, -0.05) is 6.92 Å². The Morgan fingerprint density at radius 2 is 2.00 bits per heavy atom. The molecule has 0 saturated carbocycles. The molecule has 0 aliphatic heterocycles. The minimum atomic E-state index is 0.0697. The van der Waals surface area contributed by atoms with E-state index >= 15 is 0 Å². The van der Waals surface area contributed by atoms with E-state index < -0.39 is 0 Å². The Bertz CT molecular complexity index is 76.0. The van der Waals surface area contributed by atoms with Crippen LogP contribution in [0.3, 0.4) is 0 Å². The largest absolute Gasteiger partial charge is 0.317 e. The number of alkyl halides is 2. The lowest BCUT2D eigenvalue weighted by atomic mass is 10.2. The standard InChI is InChI=1S/C7H15Cl2N/c1-3-10-5-4-7(9)6(2)8/h6-7,10H,3-5H2,1-2H3. The van der Waals surface area contributed by atoms with Crippen molar-refractivity contribution in [3.8, 4) is 0 Å². The molecular formula is C7H15Cl2N. The molecule has 0 bridgehead atoms. The topological polar surface area (TPSA) is 12.0 Å². The zero-order valence-corrected chi connectivity index (χ0v) is 8.04. The molecule has 0 aromatic rings. The summed E-state index contributed by atoms with van der Waals surface area (Å²) in [6, 6.07) is 0. The van der Waals surface area contributed by atoms with Gasteiger partial charge in [-0.2, -0.15) is 0 Å². The van der Waals surface area contributed by atoms with E-state index in [9.17, 15) is 0 Å². The molecule has 10 heavy (non-hydrogen) atoms. The van der Waals surface area contributed by atoms with Crippen LogP contribution in [0.15, 0.2) is 0 Å².